The highest BCUT2D eigenvalue weighted by Gasteiger charge is 2.33. The van der Waals surface area contributed by atoms with Crippen molar-refractivity contribution in [3.63, 3.8) is 0 Å². The van der Waals surface area contributed by atoms with Crippen molar-refractivity contribution in [2.75, 3.05) is 30.4 Å². The van der Waals surface area contributed by atoms with Crippen LogP contribution in [0.5, 0.6) is 11.5 Å². The zero-order chi connectivity index (χ0) is 34.9. The number of amides is 1. The summed E-state index contributed by atoms with van der Waals surface area (Å²) >= 11 is 1.16. The van der Waals surface area contributed by atoms with E-state index in [4.69, 9.17) is 4.74 Å². The fraction of sp³-hybridized carbons (Fsp3) is 0.375. The van der Waals surface area contributed by atoms with Gasteiger partial charge in [0.2, 0.25) is 0 Å². The molecule has 48 heavy (non-hydrogen) atoms. The van der Waals surface area contributed by atoms with Crippen molar-refractivity contribution in [1.82, 2.24) is 5.32 Å². The standard InChI is InChI=1S/C32H33F5N2O7S2/c1-2-48(42,43)28-13-5-21(6-14-28)29(15-16-40)38-30(41)22-3-7-23(8-4-22)39-18-27(17-24(39)19-44-31(33)34)47-20-45-25-9-11-26(12-10-25)46-32(35,36)37/h3-14,24,27,29,31,40H,2,15-19H2,1H3,(H,38,41)/t24-,27?,29-/m0/s1. The molecule has 260 valence electrons. The van der Waals surface area contributed by atoms with Crippen LogP contribution in [-0.4, -0.2) is 69.2 Å². The molecule has 0 aliphatic carbocycles. The molecule has 1 amide bonds. The van der Waals surface area contributed by atoms with Crippen molar-refractivity contribution < 1.29 is 54.5 Å². The molecule has 16 heteroatoms. The predicted molar refractivity (Wildman–Crippen MR) is 169 cm³/mol. The molecule has 0 bridgehead atoms. The monoisotopic (exact) mass is 716 g/mol. The third kappa shape index (κ3) is 10.5. The van der Waals surface area contributed by atoms with Crippen LogP contribution in [0.1, 0.15) is 41.7 Å². The van der Waals surface area contributed by atoms with E-state index >= 15 is 0 Å². The number of alkyl halides is 5. The minimum Gasteiger partial charge on any atom is -0.406 e. The first kappa shape index (κ1) is 36.9. The Bertz CT molecular complexity index is 1680. The van der Waals surface area contributed by atoms with E-state index in [1.165, 1.54) is 24.3 Å². The fourth-order valence-electron chi connectivity index (χ4n) is 5.04. The van der Waals surface area contributed by atoms with E-state index < -0.39 is 46.6 Å². The third-order valence-electron chi connectivity index (χ3n) is 7.43. The number of hydrogen-bond acceptors (Lipinski definition) is 8. The number of carbonyl (C=O) groups is 1. The van der Waals surface area contributed by atoms with E-state index in [1.54, 1.807) is 43.3 Å². The Balaban J connectivity index is 1.42. The molecule has 1 saturated heterocycles. The molecule has 4 rings (SSSR count). The second-order valence-corrected chi connectivity index (χ2v) is 14.0. The van der Waals surface area contributed by atoms with Crippen LogP contribution in [0, 0.1) is 5.37 Å². The van der Waals surface area contributed by atoms with Gasteiger partial charge in [-0.3, -0.25) is 4.79 Å². The molecule has 0 radical (unpaired) electrons. The Morgan fingerprint density at radius 2 is 1.69 bits per heavy atom. The first-order valence-electron chi connectivity index (χ1n) is 14.7. The lowest BCUT2D eigenvalue weighted by Gasteiger charge is -2.26. The molecule has 1 fully saturated rings. The van der Waals surface area contributed by atoms with Crippen molar-refractivity contribution in [2.24, 2.45) is 0 Å². The quantitative estimate of drug-likeness (QED) is 0.203. The summed E-state index contributed by atoms with van der Waals surface area (Å²) in [5.41, 5.74) is 1.58. The average molecular weight is 717 g/mol. The molecule has 1 aliphatic rings. The number of aliphatic hydroxyl groups excluding tert-OH is 1. The predicted octanol–water partition coefficient (Wildman–Crippen LogP) is 6.15. The number of rotatable bonds is 13. The van der Waals surface area contributed by atoms with Gasteiger partial charge in [0.25, 0.3) is 5.91 Å². The van der Waals surface area contributed by atoms with Crippen molar-refractivity contribution in [1.29, 1.82) is 0 Å². The number of sulfone groups is 1. The van der Waals surface area contributed by atoms with E-state index in [0.29, 0.717) is 29.8 Å². The molecule has 0 saturated carbocycles. The molecule has 9 nitrogen and oxygen atoms in total. The van der Waals surface area contributed by atoms with Gasteiger partial charge in [-0.15, -0.1) is 13.2 Å². The Morgan fingerprint density at radius 3 is 2.27 bits per heavy atom. The summed E-state index contributed by atoms with van der Waals surface area (Å²) in [5, 5.41) is 15.0. The van der Waals surface area contributed by atoms with Gasteiger partial charge in [0.1, 0.15) is 16.9 Å². The lowest BCUT2D eigenvalue weighted by molar-refractivity contribution is -0.274. The fourth-order valence-corrected chi connectivity index (χ4v) is 6.76. The molecule has 3 aromatic carbocycles. The Morgan fingerprint density at radius 1 is 1.04 bits per heavy atom. The van der Waals surface area contributed by atoms with Crippen molar-refractivity contribution in [3.8, 4) is 16.9 Å². The lowest BCUT2D eigenvalue weighted by atomic mass is 10.0. The molecule has 3 aromatic rings. The number of carbonyl (C=O) groups excluding carboxylic acids is 1. The van der Waals surface area contributed by atoms with Crippen LogP contribution in [0.2, 0.25) is 0 Å². The zero-order valence-electron chi connectivity index (χ0n) is 25.5. The topological polar surface area (TPSA) is 114 Å². The molecule has 1 heterocycles. The number of aliphatic hydroxyl groups is 1. The van der Waals surface area contributed by atoms with Gasteiger partial charge in [-0.2, -0.15) is 8.78 Å². The van der Waals surface area contributed by atoms with Crippen LogP contribution in [-0.2, 0) is 14.6 Å². The SMILES string of the molecule is CCS(=O)(=O)c1ccc([C@H](CCO)NC(=O)c2ccc(N3CC(S#COc4ccc(OC(F)(F)F)cc4)C[C@H]3COC(F)F)cc2)cc1. The van der Waals surface area contributed by atoms with Gasteiger partial charge in [-0.05, 0) is 79.1 Å². The molecule has 1 unspecified atom stereocenters. The first-order chi connectivity index (χ1) is 22.8. The van der Waals surface area contributed by atoms with Gasteiger partial charge in [0, 0.05) is 24.4 Å². The van der Waals surface area contributed by atoms with E-state index in [2.05, 4.69) is 20.2 Å². The molecular formula is C32H33F5N2O7S2. The van der Waals surface area contributed by atoms with Crippen molar-refractivity contribution >= 4 is 32.6 Å². The molecule has 3 atom stereocenters. The van der Waals surface area contributed by atoms with Crippen LogP contribution in [0.25, 0.3) is 0 Å². The summed E-state index contributed by atoms with van der Waals surface area (Å²) in [7, 11) is -3.40. The van der Waals surface area contributed by atoms with Crippen LogP contribution in [0.4, 0.5) is 27.6 Å². The van der Waals surface area contributed by atoms with Gasteiger partial charge in [-0.25, -0.2) is 8.42 Å². The van der Waals surface area contributed by atoms with Crippen molar-refractivity contribution in [3.05, 3.63) is 83.9 Å². The molecular weight excluding hydrogens is 683 g/mol. The summed E-state index contributed by atoms with van der Waals surface area (Å²) in [6.45, 7) is -1.51. The Kier molecular flexibility index (Phi) is 12.6. The second-order valence-electron chi connectivity index (χ2n) is 10.6. The van der Waals surface area contributed by atoms with E-state index in [9.17, 15) is 40.3 Å². The average Bonchev–Trinajstić information content (AvgIpc) is 3.46. The molecule has 2 N–H and O–H groups in total. The summed E-state index contributed by atoms with van der Waals surface area (Å²) in [5.74, 6) is -0.662. The number of benzene rings is 3. The number of hydrogen-bond donors (Lipinski definition) is 2. The lowest BCUT2D eigenvalue weighted by Crippen LogP contribution is -2.34. The summed E-state index contributed by atoms with van der Waals surface area (Å²) in [6, 6.07) is 16.4. The largest absolute Gasteiger partial charge is 0.573 e. The van der Waals surface area contributed by atoms with Crippen molar-refractivity contribution in [2.45, 2.75) is 55.0 Å². The third-order valence-corrected chi connectivity index (χ3v) is 10.0. The van der Waals surface area contributed by atoms with Crippen LogP contribution >= 0.6 is 11.2 Å². The maximum absolute atomic E-state index is 13.1. The van der Waals surface area contributed by atoms with Crippen LogP contribution in [0.15, 0.2) is 77.7 Å². The summed E-state index contributed by atoms with van der Waals surface area (Å²) in [6.07, 6.45) is -4.20. The zero-order valence-corrected chi connectivity index (χ0v) is 27.2. The Hall–Kier alpha value is -3.95. The number of halogens is 5. The smallest absolute Gasteiger partial charge is 0.406 e. The van der Waals surface area contributed by atoms with E-state index in [0.717, 1.165) is 23.3 Å². The highest BCUT2D eigenvalue weighted by molar-refractivity contribution is 7.91. The normalized spacial score (nSPS) is 17.1. The second kappa shape index (κ2) is 16.4. The van der Waals surface area contributed by atoms with Gasteiger partial charge in [-0.1, -0.05) is 30.2 Å². The number of nitrogens with zero attached hydrogens (tertiary/aromatic N) is 1. The number of ether oxygens (including phenoxy) is 3. The molecule has 0 aromatic heterocycles. The van der Waals surface area contributed by atoms with E-state index in [1.807, 2.05) is 4.90 Å². The number of anilines is 1. The van der Waals surface area contributed by atoms with Gasteiger partial charge in [0.15, 0.2) is 9.84 Å². The van der Waals surface area contributed by atoms with Crippen LogP contribution in [0.3, 0.4) is 0 Å². The van der Waals surface area contributed by atoms with Gasteiger partial charge < -0.3 is 29.5 Å². The van der Waals surface area contributed by atoms with Gasteiger partial charge in [0.05, 0.1) is 34.6 Å². The maximum atomic E-state index is 13.1. The Labute approximate surface area is 278 Å². The van der Waals surface area contributed by atoms with Crippen LogP contribution < -0.4 is 19.7 Å². The highest BCUT2D eigenvalue weighted by Crippen LogP contribution is 2.31. The summed E-state index contributed by atoms with van der Waals surface area (Å²) < 4.78 is 101. The molecule has 1 aliphatic heterocycles. The van der Waals surface area contributed by atoms with Gasteiger partial charge >= 0.3 is 13.0 Å². The van der Waals surface area contributed by atoms with E-state index in [-0.39, 0.29) is 41.3 Å². The molecule has 0 spiro atoms. The highest BCUT2D eigenvalue weighted by atomic mass is 32.2. The number of nitrogens with one attached hydrogen (secondary N) is 1. The minimum atomic E-state index is -4.82. The summed E-state index contributed by atoms with van der Waals surface area (Å²) in [4.78, 5) is 15.2. The minimum absolute atomic E-state index is 0.0495. The maximum Gasteiger partial charge on any atom is 0.573 e. The first-order valence-corrected chi connectivity index (χ1v) is 17.3.